The Hall–Kier alpha value is -2.82. The first-order valence-electron chi connectivity index (χ1n) is 7.15. The van der Waals surface area contributed by atoms with Gasteiger partial charge in [-0.2, -0.15) is 0 Å². The normalized spacial score (nSPS) is 16.2. The van der Waals surface area contributed by atoms with Gasteiger partial charge in [-0.1, -0.05) is 30.3 Å². The SMILES string of the molecule is O=C1CN=C(c2ccccc2)c2cc3c(cc2N1)OCCO3. The maximum absolute atomic E-state index is 11.9. The first-order chi connectivity index (χ1) is 10.8. The van der Waals surface area contributed by atoms with Crippen LogP contribution in [0.4, 0.5) is 5.69 Å². The number of benzene rings is 2. The van der Waals surface area contributed by atoms with Gasteiger partial charge in [0.05, 0.1) is 11.4 Å². The zero-order valence-corrected chi connectivity index (χ0v) is 11.8. The molecule has 0 aromatic heterocycles. The molecule has 2 aliphatic rings. The number of carbonyl (C=O) groups is 1. The second-order valence-corrected chi connectivity index (χ2v) is 5.12. The molecule has 0 bridgehead atoms. The van der Waals surface area contributed by atoms with Crippen LogP contribution in [0.5, 0.6) is 11.5 Å². The van der Waals surface area contributed by atoms with Crippen LogP contribution in [0.3, 0.4) is 0 Å². The van der Waals surface area contributed by atoms with Crippen molar-refractivity contribution < 1.29 is 14.3 Å². The number of hydrogen-bond donors (Lipinski definition) is 1. The number of amides is 1. The summed E-state index contributed by atoms with van der Waals surface area (Å²) < 4.78 is 11.2. The number of carbonyl (C=O) groups excluding carboxylic acids is 1. The van der Waals surface area contributed by atoms with Crippen molar-refractivity contribution in [1.82, 2.24) is 0 Å². The van der Waals surface area contributed by atoms with Gasteiger partial charge in [-0.05, 0) is 6.07 Å². The lowest BCUT2D eigenvalue weighted by Crippen LogP contribution is -2.17. The summed E-state index contributed by atoms with van der Waals surface area (Å²) in [4.78, 5) is 16.4. The molecule has 2 aromatic rings. The van der Waals surface area contributed by atoms with Gasteiger partial charge in [-0.15, -0.1) is 0 Å². The molecular weight excluding hydrogens is 280 g/mol. The molecule has 0 atom stereocenters. The molecule has 22 heavy (non-hydrogen) atoms. The summed E-state index contributed by atoms with van der Waals surface area (Å²) in [6, 6.07) is 13.5. The van der Waals surface area contributed by atoms with Crippen molar-refractivity contribution in [1.29, 1.82) is 0 Å². The number of nitrogens with one attached hydrogen (secondary N) is 1. The van der Waals surface area contributed by atoms with Gasteiger partial charge in [0.1, 0.15) is 19.8 Å². The molecule has 110 valence electrons. The molecule has 2 heterocycles. The second kappa shape index (κ2) is 5.18. The summed E-state index contributed by atoms with van der Waals surface area (Å²) in [5.74, 6) is 1.20. The van der Waals surface area contributed by atoms with E-state index in [4.69, 9.17) is 9.47 Å². The second-order valence-electron chi connectivity index (χ2n) is 5.12. The smallest absolute Gasteiger partial charge is 0.246 e. The quantitative estimate of drug-likeness (QED) is 0.877. The van der Waals surface area contributed by atoms with Crippen LogP contribution in [0.25, 0.3) is 0 Å². The number of nitrogens with zero attached hydrogens (tertiary/aromatic N) is 1. The summed E-state index contributed by atoms with van der Waals surface area (Å²) >= 11 is 0. The van der Waals surface area contributed by atoms with Crippen LogP contribution in [-0.2, 0) is 4.79 Å². The Balaban J connectivity index is 1.90. The van der Waals surface area contributed by atoms with Crippen LogP contribution in [0, 0.1) is 0 Å². The minimum atomic E-state index is -0.135. The van der Waals surface area contributed by atoms with E-state index in [-0.39, 0.29) is 12.5 Å². The molecule has 1 N–H and O–H groups in total. The van der Waals surface area contributed by atoms with E-state index in [1.54, 1.807) is 0 Å². The Labute approximate surface area is 127 Å². The first-order valence-corrected chi connectivity index (χ1v) is 7.15. The summed E-state index contributed by atoms with van der Waals surface area (Å²) in [5, 5.41) is 2.88. The Bertz CT molecular complexity index is 769. The Morgan fingerprint density at radius 3 is 2.50 bits per heavy atom. The van der Waals surface area contributed by atoms with Crippen LogP contribution in [0.2, 0.25) is 0 Å². The average Bonchev–Trinajstić information content (AvgIpc) is 2.71. The molecule has 0 saturated carbocycles. The zero-order chi connectivity index (χ0) is 14.9. The molecule has 0 saturated heterocycles. The third-order valence-corrected chi connectivity index (χ3v) is 3.64. The molecule has 2 aliphatic heterocycles. The first kappa shape index (κ1) is 12.9. The van der Waals surface area contributed by atoms with Gasteiger partial charge < -0.3 is 14.8 Å². The number of hydrogen-bond acceptors (Lipinski definition) is 4. The van der Waals surface area contributed by atoms with E-state index in [0.717, 1.165) is 16.8 Å². The summed E-state index contributed by atoms with van der Waals surface area (Å²) in [6.45, 7) is 1.14. The molecule has 2 aromatic carbocycles. The lowest BCUT2D eigenvalue weighted by Gasteiger charge is -2.21. The predicted molar refractivity (Wildman–Crippen MR) is 83.0 cm³/mol. The molecule has 0 radical (unpaired) electrons. The van der Waals surface area contributed by atoms with Crippen molar-refractivity contribution in [3.63, 3.8) is 0 Å². The van der Waals surface area contributed by atoms with E-state index in [2.05, 4.69) is 10.3 Å². The molecule has 0 spiro atoms. The van der Waals surface area contributed by atoms with Gasteiger partial charge >= 0.3 is 0 Å². The molecular formula is C17H14N2O3. The summed E-state index contributed by atoms with van der Waals surface area (Å²) in [5.41, 5.74) is 3.30. The van der Waals surface area contributed by atoms with Crippen LogP contribution in [-0.4, -0.2) is 31.4 Å². The average molecular weight is 294 g/mol. The molecule has 5 heteroatoms. The van der Waals surface area contributed by atoms with Crippen LogP contribution < -0.4 is 14.8 Å². The van der Waals surface area contributed by atoms with E-state index in [1.807, 2.05) is 42.5 Å². The topological polar surface area (TPSA) is 59.9 Å². The van der Waals surface area contributed by atoms with Crippen LogP contribution in [0.15, 0.2) is 47.5 Å². The fourth-order valence-electron chi connectivity index (χ4n) is 2.66. The number of anilines is 1. The summed E-state index contributed by atoms with van der Waals surface area (Å²) in [7, 11) is 0. The van der Waals surface area contributed by atoms with Gasteiger partial charge in [0.25, 0.3) is 0 Å². The van der Waals surface area contributed by atoms with Crippen molar-refractivity contribution in [2.45, 2.75) is 0 Å². The number of rotatable bonds is 1. The summed E-state index contributed by atoms with van der Waals surface area (Å²) in [6.07, 6.45) is 0. The molecule has 0 fully saturated rings. The largest absolute Gasteiger partial charge is 0.486 e. The van der Waals surface area contributed by atoms with Crippen molar-refractivity contribution in [3.05, 3.63) is 53.6 Å². The molecule has 5 nitrogen and oxygen atoms in total. The minimum absolute atomic E-state index is 0.102. The van der Waals surface area contributed by atoms with E-state index in [1.165, 1.54) is 0 Å². The van der Waals surface area contributed by atoms with E-state index in [0.29, 0.717) is 30.4 Å². The van der Waals surface area contributed by atoms with Crippen molar-refractivity contribution in [2.75, 3.05) is 25.1 Å². The predicted octanol–water partition coefficient (Wildman–Crippen LogP) is 2.25. The third-order valence-electron chi connectivity index (χ3n) is 3.64. The minimum Gasteiger partial charge on any atom is -0.486 e. The van der Waals surface area contributed by atoms with Gasteiger partial charge in [0.2, 0.25) is 5.91 Å². The fraction of sp³-hybridized carbons (Fsp3) is 0.176. The fourth-order valence-corrected chi connectivity index (χ4v) is 2.66. The van der Waals surface area contributed by atoms with Crippen molar-refractivity contribution in [2.24, 2.45) is 4.99 Å². The Morgan fingerprint density at radius 2 is 1.73 bits per heavy atom. The van der Waals surface area contributed by atoms with Gasteiger partial charge in [-0.3, -0.25) is 9.79 Å². The zero-order valence-electron chi connectivity index (χ0n) is 11.8. The lowest BCUT2D eigenvalue weighted by molar-refractivity contribution is -0.114. The van der Waals surface area contributed by atoms with E-state index >= 15 is 0 Å². The maximum Gasteiger partial charge on any atom is 0.246 e. The standard InChI is InChI=1S/C17H14N2O3/c20-16-10-18-17(11-4-2-1-3-5-11)12-8-14-15(9-13(12)19-16)22-7-6-21-14/h1-5,8-9H,6-7,10H2,(H,19,20). The van der Waals surface area contributed by atoms with Crippen LogP contribution in [0.1, 0.15) is 11.1 Å². The van der Waals surface area contributed by atoms with Crippen molar-refractivity contribution >= 4 is 17.3 Å². The number of ether oxygens (including phenoxy) is 2. The highest BCUT2D eigenvalue weighted by atomic mass is 16.6. The third kappa shape index (κ3) is 2.20. The molecule has 0 unspecified atom stereocenters. The highest BCUT2D eigenvalue weighted by Gasteiger charge is 2.22. The van der Waals surface area contributed by atoms with Gasteiger partial charge in [-0.25, -0.2) is 0 Å². The Morgan fingerprint density at radius 1 is 1.00 bits per heavy atom. The van der Waals surface area contributed by atoms with Gasteiger partial charge in [0.15, 0.2) is 11.5 Å². The molecule has 4 rings (SSSR count). The number of fused-ring (bicyclic) bond motifs is 2. The molecule has 0 aliphatic carbocycles. The van der Waals surface area contributed by atoms with E-state index in [9.17, 15) is 4.79 Å². The highest BCUT2D eigenvalue weighted by Crippen LogP contribution is 2.37. The monoisotopic (exact) mass is 294 g/mol. The van der Waals surface area contributed by atoms with Crippen LogP contribution >= 0.6 is 0 Å². The number of aliphatic imine (C=N–C) groups is 1. The lowest BCUT2D eigenvalue weighted by atomic mass is 10.00. The maximum atomic E-state index is 11.9. The highest BCUT2D eigenvalue weighted by molar-refractivity contribution is 6.19. The van der Waals surface area contributed by atoms with Crippen molar-refractivity contribution in [3.8, 4) is 11.5 Å². The molecule has 1 amide bonds. The van der Waals surface area contributed by atoms with E-state index < -0.39 is 0 Å². The van der Waals surface area contributed by atoms with Gasteiger partial charge in [0, 0.05) is 17.2 Å². The Kier molecular flexibility index (Phi) is 3.04.